The van der Waals surface area contributed by atoms with Gasteiger partial charge in [0, 0.05) is 5.69 Å². The summed E-state index contributed by atoms with van der Waals surface area (Å²) in [4.78, 5) is 3.72. The molecule has 0 spiro atoms. The van der Waals surface area contributed by atoms with Crippen LogP contribution in [0.25, 0.3) is 0 Å². The maximum Gasteiger partial charge on any atom is 1.00 e. The van der Waals surface area contributed by atoms with Crippen LogP contribution >= 0.6 is 0 Å². The van der Waals surface area contributed by atoms with Crippen LogP contribution in [-0.2, 0) is 16.5 Å². The minimum absolute atomic E-state index is 0. The minimum Gasteiger partial charge on any atom is -0.743 e. The first-order valence-corrected chi connectivity index (χ1v) is 6.09. The van der Waals surface area contributed by atoms with Crippen molar-refractivity contribution in [3.05, 3.63) is 22.4 Å². The Morgan fingerprint density at radius 1 is 1.41 bits per heavy atom. The number of nitrogens with zero attached hydrogens (tertiary/aromatic N) is 2. The Morgan fingerprint density at radius 3 is 2.29 bits per heavy atom. The van der Waals surface area contributed by atoms with E-state index in [-0.39, 0.29) is 56.9 Å². The van der Waals surface area contributed by atoms with Crippen molar-refractivity contribution in [2.75, 3.05) is 0 Å². The molecule has 0 saturated heterocycles. The largest absolute Gasteiger partial charge is 1.00 e. The number of hydrogen-bond acceptors (Lipinski definition) is 5. The number of nitriles is 1. The summed E-state index contributed by atoms with van der Waals surface area (Å²) >= 11 is 0. The van der Waals surface area contributed by atoms with Crippen LogP contribution in [0.4, 0.5) is 0 Å². The van der Waals surface area contributed by atoms with Crippen molar-refractivity contribution in [2.45, 2.75) is 32.2 Å². The van der Waals surface area contributed by atoms with Crippen molar-refractivity contribution in [3.63, 3.8) is 0 Å². The Labute approximate surface area is 143 Å². The zero-order valence-corrected chi connectivity index (χ0v) is 14.2. The van der Waals surface area contributed by atoms with Gasteiger partial charge in [-0.25, -0.2) is 13.4 Å². The van der Waals surface area contributed by atoms with E-state index in [4.69, 9.17) is 5.26 Å². The van der Waals surface area contributed by atoms with E-state index in [2.05, 4.69) is 4.98 Å². The monoisotopic (exact) mass is 278 g/mol. The van der Waals surface area contributed by atoms with Gasteiger partial charge in [-0.1, -0.05) is 6.92 Å². The van der Waals surface area contributed by atoms with Crippen molar-refractivity contribution in [1.82, 2.24) is 4.98 Å². The van der Waals surface area contributed by atoms with Crippen LogP contribution in [0.3, 0.4) is 0 Å². The molecular weight excluding hydrogens is 267 g/mol. The standard InChI is InChI=1S/C10H12N2O3S.K/c1-4-8-6(2)9(5-11)10(12-7(8)3)16(13,14)15;/h4H2,1-3H3,(H,13,14,15);/q;+1/p-1. The second-order valence-corrected chi connectivity index (χ2v) is 4.70. The third kappa shape index (κ3) is 3.57. The summed E-state index contributed by atoms with van der Waals surface area (Å²) in [5.74, 6) is 0. The summed E-state index contributed by atoms with van der Waals surface area (Å²) in [6.07, 6.45) is 0.637. The molecule has 17 heavy (non-hydrogen) atoms. The Hall–Kier alpha value is 0.186. The molecule has 0 bridgehead atoms. The molecule has 0 N–H and O–H groups in total. The fourth-order valence-electron chi connectivity index (χ4n) is 1.69. The van der Waals surface area contributed by atoms with Crippen LogP contribution < -0.4 is 51.4 Å². The number of rotatable bonds is 2. The van der Waals surface area contributed by atoms with E-state index in [9.17, 15) is 13.0 Å². The summed E-state index contributed by atoms with van der Waals surface area (Å²) in [6.45, 7) is 5.13. The van der Waals surface area contributed by atoms with Crippen LogP contribution in [0.1, 0.15) is 29.3 Å². The quantitative estimate of drug-likeness (QED) is 0.462. The molecule has 0 aliphatic carbocycles. The molecular formula is C10H11KN2O3S. The Balaban J connectivity index is 0.00000256. The average Bonchev–Trinajstić information content (AvgIpc) is 2.16. The maximum absolute atomic E-state index is 10.9. The fraction of sp³-hybridized carbons (Fsp3) is 0.400. The fourth-order valence-corrected chi connectivity index (χ4v) is 2.39. The maximum atomic E-state index is 10.9. The normalized spacial score (nSPS) is 10.5. The Morgan fingerprint density at radius 2 is 1.94 bits per heavy atom. The van der Waals surface area contributed by atoms with Crippen molar-refractivity contribution in [3.8, 4) is 6.07 Å². The average molecular weight is 278 g/mol. The van der Waals surface area contributed by atoms with Crippen molar-refractivity contribution in [1.29, 1.82) is 5.26 Å². The molecule has 0 aliphatic rings. The summed E-state index contributed by atoms with van der Waals surface area (Å²) in [5.41, 5.74) is 1.67. The van der Waals surface area contributed by atoms with E-state index in [1.54, 1.807) is 19.9 Å². The van der Waals surface area contributed by atoms with E-state index < -0.39 is 15.1 Å². The van der Waals surface area contributed by atoms with Gasteiger partial charge in [-0.15, -0.1) is 0 Å². The molecule has 1 aromatic heterocycles. The van der Waals surface area contributed by atoms with Crippen LogP contribution in [0, 0.1) is 25.2 Å². The molecule has 0 amide bonds. The molecule has 5 nitrogen and oxygen atoms in total. The molecule has 0 fully saturated rings. The van der Waals surface area contributed by atoms with Gasteiger partial charge in [-0.05, 0) is 31.4 Å². The molecule has 0 saturated carbocycles. The Bertz CT molecular complexity index is 576. The number of aryl methyl sites for hydroxylation is 1. The number of aromatic nitrogens is 1. The molecule has 1 rings (SSSR count). The van der Waals surface area contributed by atoms with Gasteiger partial charge in [0.1, 0.15) is 16.2 Å². The molecule has 0 unspecified atom stereocenters. The topological polar surface area (TPSA) is 93.9 Å². The first kappa shape index (κ1) is 17.2. The molecule has 86 valence electrons. The second-order valence-electron chi connectivity index (χ2n) is 3.40. The third-order valence-electron chi connectivity index (χ3n) is 2.45. The van der Waals surface area contributed by atoms with Gasteiger partial charge in [0.15, 0.2) is 5.03 Å². The predicted octanol–water partition coefficient (Wildman–Crippen LogP) is -1.96. The summed E-state index contributed by atoms with van der Waals surface area (Å²) < 4.78 is 32.8. The van der Waals surface area contributed by atoms with E-state index in [1.165, 1.54) is 0 Å². The smallest absolute Gasteiger partial charge is 0.743 e. The summed E-state index contributed by atoms with van der Waals surface area (Å²) in [5, 5.41) is 8.22. The van der Waals surface area contributed by atoms with Gasteiger partial charge < -0.3 is 4.55 Å². The van der Waals surface area contributed by atoms with Gasteiger partial charge in [-0.2, -0.15) is 5.26 Å². The predicted molar refractivity (Wildman–Crippen MR) is 55.8 cm³/mol. The molecule has 0 atom stereocenters. The van der Waals surface area contributed by atoms with E-state index in [0.717, 1.165) is 5.56 Å². The van der Waals surface area contributed by atoms with Crippen molar-refractivity contribution < 1.29 is 64.4 Å². The molecule has 0 radical (unpaired) electrons. The van der Waals surface area contributed by atoms with Gasteiger partial charge in [0.25, 0.3) is 0 Å². The zero-order chi connectivity index (χ0) is 12.5. The van der Waals surface area contributed by atoms with Crippen LogP contribution in [0.15, 0.2) is 5.03 Å². The van der Waals surface area contributed by atoms with Crippen molar-refractivity contribution in [2.24, 2.45) is 0 Å². The Kier molecular flexibility index (Phi) is 6.45. The van der Waals surface area contributed by atoms with Crippen LogP contribution in [0.5, 0.6) is 0 Å². The first-order valence-electron chi connectivity index (χ1n) is 4.69. The van der Waals surface area contributed by atoms with Crippen LogP contribution in [0.2, 0.25) is 0 Å². The summed E-state index contributed by atoms with van der Waals surface area (Å²) in [6, 6.07) is 1.73. The molecule has 0 aromatic carbocycles. The van der Waals surface area contributed by atoms with Crippen molar-refractivity contribution >= 4 is 10.1 Å². The zero-order valence-electron chi connectivity index (χ0n) is 10.2. The molecule has 1 heterocycles. The van der Waals surface area contributed by atoms with E-state index in [1.807, 2.05) is 6.92 Å². The van der Waals surface area contributed by atoms with Crippen LogP contribution in [-0.4, -0.2) is 18.0 Å². The van der Waals surface area contributed by atoms with Gasteiger partial charge in [-0.3, -0.25) is 0 Å². The molecule has 1 aromatic rings. The summed E-state index contributed by atoms with van der Waals surface area (Å²) in [7, 11) is -4.70. The second kappa shape index (κ2) is 6.38. The number of hydrogen-bond donors (Lipinski definition) is 0. The third-order valence-corrected chi connectivity index (χ3v) is 3.22. The molecule has 0 aliphatic heterocycles. The first-order chi connectivity index (χ1) is 7.32. The van der Waals surface area contributed by atoms with Gasteiger partial charge in [0.05, 0.1) is 5.56 Å². The van der Waals surface area contributed by atoms with Gasteiger partial charge >= 0.3 is 51.4 Å². The minimum atomic E-state index is -4.70. The van der Waals surface area contributed by atoms with E-state index >= 15 is 0 Å². The molecule has 7 heteroatoms. The SMILES string of the molecule is CCc1c(C)nc(S(=O)(=O)[O-])c(C#N)c1C.[K+]. The van der Waals surface area contributed by atoms with E-state index in [0.29, 0.717) is 17.7 Å². The number of pyridine rings is 1. The van der Waals surface area contributed by atoms with Gasteiger partial charge in [0.2, 0.25) is 0 Å².